The van der Waals surface area contributed by atoms with Gasteiger partial charge in [0.15, 0.2) is 0 Å². The van der Waals surface area contributed by atoms with Crippen LogP contribution >= 0.6 is 0 Å². The van der Waals surface area contributed by atoms with Gasteiger partial charge in [-0.25, -0.2) is 0 Å². The Kier molecular flexibility index (Phi) is 4.67. The summed E-state index contributed by atoms with van der Waals surface area (Å²) in [5.41, 5.74) is 9.54. The molecule has 1 nitrogen and oxygen atoms in total. The van der Waals surface area contributed by atoms with Crippen LogP contribution in [0.3, 0.4) is 0 Å². The van der Waals surface area contributed by atoms with Crippen LogP contribution in [0.4, 0.5) is 0 Å². The number of rotatable bonds is 4. The van der Waals surface area contributed by atoms with Crippen LogP contribution in [0.1, 0.15) is 57.6 Å². The topological polar surface area (TPSA) is 26.0 Å². The highest BCUT2D eigenvalue weighted by Gasteiger charge is 2.33. The third-order valence-corrected chi connectivity index (χ3v) is 4.85. The highest BCUT2D eigenvalue weighted by Crippen LogP contribution is 2.36. The molecule has 106 valence electrons. The molecular weight excluding hydrogens is 230 g/mol. The van der Waals surface area contributed by atoms with E-state index in [9.17, 15) is 0 Å². The molecule has 2 unspecified atom stereocenters. The Morgan fingerprint density at radius 1 is 1.21 bits per heavy atom. The molecule has 0 amide bonds. The summed E-state index contributed by atoms with van der Waals surface area (Å²) in [6.45, 7) is 6.88. The van der Waals surface area contributed by atoms with Crippen molar-refractivity contribution >= 4 is 0 Å². The molecule has 19 heavy (non-hydrogen) atoms. The first-order chi connectivity index (χ1) is 9.02. The number of nitrogens with two attached hydrogens (primary N) is 1. The molecule has 0 aromatic heterocycles. The van der Waals surface area contributed by atoms with Gasteiger partial charge in [-0.05, 0) is 48.6 Å². The van der Waals surface area contributed by atoms with Crippen LogP contribution in [0, 0.1) is 11.8 Å². The molecule has 1 aliphatic rings. The van der Waals surface area contributed by atoms with E-state index in [1.54, 1.807) is 0 Å². The fourth-order valence-electron chi connectivity index (χ4n) is 3.47. The summed E-state index contributed by atoms with van der Waals surface area (Å²) in [5, 5.41) is 0. The smallest absolute Gasteiger partial charge is 0.0197 e. The van der Waals surface area contributed by atoms with Gasteiger partial charge in [-0.3, -0.25) is 0 Å². The molecule has 0 aliphatic heterocycles. The van der Waals surface area contributed by atoms with Crippen molar-refractivity contribution in [3.8, 4) is 0 Å². The average molecular weight is 259 g/mol. The van der Waals surface area contributed by atoms with E-state index in [2.05, 4.69) is 45.0 Å². The van der Waals surface area contributed by atoms with E-state index >= 15 is 0 Å². The van der Waals surface area contributed by atoms with Gasteiger partial charge in [0.1, 0.15) is 0 Å². The predicted molar refractivity (Wildman–Crippen MR) is 83.2 cm³/mol. The average Bonchev–Trinajstić information content (AvgIpc) is 2.39. The second-order valence-electron chi connectivity index (χ2n) is 6.81. The van der Waals surface area contributed by atoms with Gasteiger partial charge in [-0.1, -0.05) is 57.9 Å². The minimum Gasteiger partial charge on any atom is -0.325 e. The summed E-state index contributed by atoms with van der Waals surface area (Å²) >= 11 is 0. The molecule has 0 bridgehead atoms. The largest absolute Gasteiger partial charge is 0.325 e. The molecule has 0 spiro atoms. The van der Waals surface area contributed by atoms with Crippen molar-refractivity contribution in [2.45, 2.75) is 64.8 Å². The summed E-state index contributed by atoms with van der Waals surface area (Å²) in [6, 6.07) is 9.04. The van der Waals surface area contributed by atoms with Crippen molar-refractivity contribution < 1.29 is 0 Å². The van der Waals surface area contributed by atoms with E-state index in [4.69, 9.17) is 5.73 Å². The lowest BCUT2D eigenvalue weighted by Gasteiger charge is -2.40. The van der Waals surface area contributed by atoms with Gasteiger partial charge in [0.2, 0.25) is 0 Å². The molecule has 0 heterocycles. The zero-order valence-electron chi connectivity index (χ0n) is 12.8. The third kappa shape index (κ3) is 3.82. The van der Waals surface area contributed by atoms with Crippen molar-refractivity contribution in [2.75, 3.05) is 0 Å². The lowest BCUT2D eigenvalue weighted by atomic mass is 9.70. The Balaban J connectivity index is 2.03. The molecule has 1 aromatic rings. The van der Waals surface area contributed by atoms with Crippen molar-refractivity contribution in [1.29, 1.82) is 0 Å². The van der Waals surface area contributed by atoms with Gasteiger partial charge in [-0.15, -0.1) is 0 Å². The van der Waals surface area contributed by atoms with Gasteiger partial charge in [0.05, 0.1) is 0 Å². The maximum Gasteiger partial charge on any atom is 0.0197 e. The van der Waals surface area contributed by atoms with Crippen LogP contribution in [-0.2, 0) is 12.8 Å². The highest BCUT2D eigenvalue weighted by molar-refractivity contribution is 5.24. The van der Waals surface area contributed by atoms with E-state index in [0.717, 1.165) is 24.7 Å². The maximum absolute atomic E-state index is 6.69. The second kappa shape index (κ2) is 6.09. The lowest BCUT2D eigenvalue weighted by Crippen LogP contribution is -2.47. The van der Waals surface area contributed by atoms with Crippen molar-refractivity contribution in [1.82, 2.24) is 0 Å². The maximum atomic E-state index is 6.69. The van der Waals surface area contributed by atoms with Crippen LogP contribution in [0.5, 0.6) is 0 Å². The fraction of sp³-hybridized carbons (Fsp3) is 0.667. The minimum absolute atomic E-state index is 0.0287. The van der Waals surface area contributed by atoms with Gasteiger partial charge in [0.25, 0.3) is 0 Å². The molecule has 1 heteroatoms. The molecule has 1 saturated carbocycles. The van der Waals surface area contributed by atoms with E-state index < -0.39 is 0 Å². The van der Waals surface area contributed by atoms with Gasteiger partial charge in [0, 0.05) is 5.54 Å². The van der Waals surface area contributed by atoms with E-state index in [1.807, 2.05) is 0 Å². The number of hydrogen-bond acceptors (Lipinski definition) is 1. The molecular formula is C18H29N. The first kappa shape index (κ1) is 14.6. The lowest BCUT2D eigenvalue weighted by molar-refractivity contribution is 0.182. The first-order valence-corrected chi connectivity index (χ1v) is 7.89. The van der Waals surface area contributed by atoms with Crippen LogP contribution in [0.15, 0.2) is 24.3 Å². The van der Waals surface area contributed by atoms with Gasteiger partial charge in [-0.2, -0.15) is 0 Å². The highest BCUT2D eigenvalue weighted by atomic mass is 14.7. The normalized spacial score (nSPS) is 27.7. The Labute approximate surface area is 118 Å². The molecule has 2 N–H and O–H groups in total. The SMILES string of the molecule is CCc1ccc(CC2(N)CCCC(C(C)C)C2)cc1. The zero-order chi connectivity index (χ0) is 13.9. The summed E-state index contributed by atoms with van der Waals surface area (Å²) in [6.07, 6.45) is 7.20. The van der Waals surface area contributed by atoms with E-state index in [1.165, 1.54) is 36.8 Å². The van der Waals surface area contributed by atoms with E-state index in [0.29, 0.717) is 0 Å². The minimum atomic E-state index is 0.0287. The second-order valence-corrected chi connectivity index (χ2v) is 6.81. The molecule has 1 fully saturated rings. The van der Waals surface area contributed by atoms with E-state index in [-0.39, 0.29) is 5.54 Å². The Morgan fingerprint density at radius 3 is 2.42 bits per heavy atom. The molecule has 0 saturated heterocycles. The summed E-state index contributed by atoms with van der Waals surface area (Å²) < 4.78 is 0. The van der Waals surface area contributed by atoms with Gasteiger partial charge < -0.3 is 5.73 Å². The van der Waals surface area contributed by atoms with Gasteiger partial charge >= 0.3 is 0 Å². The zero-order valence-corrected chi connectivity index (χ0v) is 12.8. The van der Waals surface area contributed by atoms with Crippen LogP contribution in [0.2, 0.25) is 0 Å². The fourth-order valence-corrected chi connectivity index (χ4v) is 3.47. The summed E-state index contributed by atoms with van der Waals surface area (Å²) in [5.74, 6) is 1.58. The first-order valence-electron chi connectivity index (χ1n) is 7.89. The Bertz CT molecular complexity index is 393. The third-order valence-electron chi connectivity index (χ3n) is 4.85. The van der Waals surface area contributed by atoms with Crippen molar-refractivity contribution in [3.63, 3.8) is 0 Å². The van der Waals surface area contributed by atoms with Crippen molar-refractivity contribution in [3.05, 3.63) is 35.4 Å². The number of aryl methyl sites for hydroxylation is 1. The number of benzene rings is 1. The monoisotopic (exact) mass is 259 g/mol. The van der Waals surface area contributed by atoms with Crippen molar-refractivity contribution in [2.24, 2.45) is 17.6 Å². The molecule has 1 aliphatic carbocycles. The number of hydrogen-bond donors (Lipinski definition) is 1. The molecule has 1 aromatic carbocycles. The van der Waals surface area contributed by atoms with Crippen LogP contribution in [0.25, 0.3) is 0 Å². The molecule has 0 radical (unpaired) electrons. The predicted octanol–water partition coefficient (Wildman–Crippen LogP) is 4.34. The Morgan fingerprint density at radius 2 is 1.84 bits per heavy atom. The molecule has 2 rings (SSSR count). The quantitative estimate of drug-likeness (QED) is 0.855. The summed E-state index contributed by atoms with van der Waals surface area (Å²) in [7, 11) is 0. The molecule has 2 atom stereocenters. The standard InChI is InChI=1S/C18H29N/c1-4-15-7-9-16(10-8-15)12-18(19)11-5-6-17(13-18)14(2)3/h7-10,14,17H,4-6,11-13,19H2,1-3H3. The Hall–Kier alpha value is -0.820. The summed E-state index contributed by atoms with van der Waals surface area (Å²) in [4.78, 5) is 0. The van der Waals surface area contributed by atoms with Crippen LogP contribution in [-0.4, -0.2) is 5.54 Å². The van der Waals surface area contributed by atoms with Crippen LogP contribution < -0.4 is 5.73 Å².